The number of hydrogen-bond acceptors (Lipinski definition) is 3. The Morgan fingerprint density at radius 2 is 2.07 bits per heavy atom. The molecule has 0 aliphatic carbocycles. The van der Waals surface area contributed by atoms with Crippen molar-refractivity contribution < 1.29 is 21.9 Å². The van der Waals surface area contributed by atoms with Crippen LogP contribution in [0, 0.1) is 0 Å². The van der Waals surface area contributed by atoms with Crippen molar-refractivity contribution in [2.45, 2.75) is 6.43 Å². The summed E-state index contributed by atoms with van der Waals surface area (Å²) in [5, 5.41) is 0. The monoisotopic (exact) mass is 251 g/mol. The summed E-state index contributed by atoms with van der Waals surface area (Å²) in [4.78, 5) is 0. The van der Waals surface area contributed by atoms with Crippen LogP contribution in [0.15, 0.2) is 0 Å². The van der Waals surface area contributed by atoms with E-state index in [1.54, 1.807) is 0 Å². The van der Waals surface area contributed by atoms with Crippen LogP contribution < -0.4 is 4.72 Å². The highest BCUT2D eigenvalue weighted by Crippen LogP contribution is 1.92. The Balaban J connectivity index is 3.45. The smallest absolute Gasteiger partial charge is 0.261 e. The maximum absolute atomic E-state index is 11.5. The van der Waals surface area contributed by atoms with Crippen molar-refractivity contribution in [3.63, 3.8) is 0 Å². The average Bonchev–Trinajstić information content (AvgIpc) is 2.02. The van der Waals surface area contributed by atoms with Gasteiger partial charge in [0.25, 0.3) is 6.43 Å². The van der Waals surface area contributed by atoms with Crippen LogP contribution in [0.1, 0.15) is 0 Å². The van der Waals surface area contributed by atoms with Crippen molar-refractivity contribution in [2.75, 3.05) is 31.4 Å². The summed E-state index contributed by atoms with van der Waals surface area (Å²) in [5.41, 5.74) is 0. The largest absolute Gasteiger partial charge is 0.374 e. The number of nitrogens with one attached hydrogen (secondary N) is 1. The Morgan fingerprint density at radius 3 is 2.57 bits per heavy atom. The third-order valence-corrected chi connectivity index (χ3v) is 2.96. The van der Waals surface area contributed by atoms with E-state index in [0.717, 1.165) is 0 Å². The van der Waals surface area contributed by atoms with E-state index in [1.807, 2.05) is 0 Å². The van der Waals surface area contributed by atoms with Crippen molar-refractivity contribution in [1.82, 2.24) is 4.72 Å². The lowest BCUT2D eigenvalue weighted by atomic mass is 10.7. The van der Waals surface area contributed by atoms with Gasteiger partial charge in [-0.2, -0.15) is 0 Å². The minimum Gasteiger partial charge on any atom is -0.374 e. The second kappa shape index (κ2) is 7.33. The highest BCUT2D eigenvalue weighted by atomic mass is 35.5. The van der Waals surface area contributed by atoms with E-state index >= 15 is 0 Å². The summed E-state index contributed by atoms with van der Waals surface area (Å²) in [7, 11) is -3.38. The lowest BCUT2D eigenvalue weighted by molar-refractivity contribution is 0.0199. The molecule has 0 unspecified atom stereocenters. The molecule has 0 saturated carbocycles. The van der Waals surface area contributed by atoms with E-state index in [-0.39, 0.29) is 24.8 Å². The molecule has 8 heteroatoms. The first-order valence-corrected chi connectivity index (χ1v) is 6.06. The standard InChI is InChI=1S/C6H12ClF2NO3S/c7-1-4-14(11,12)10-2-3-13-5-6(8)9/h6,10H,1-5H2. The Bertz CT molecular complexity index is 235. The molecule has 0 aromatic rings. The molecular weight excluding hydrogens is 240 g/mol. The minimum absolute atomic E-state index is 0.00672. The van der Waals surface area contributed by atoms with Gasteiger partial charge in [0, 0.05) is 12.4 Å². The Labute approximate surface area is 86.6 Å². The molecule has 0 rings (SSSR count). The van der Waals surface area contributed by atoms with Crippen molar-refractivity contribution >= 4 is 21.6 Å². The SMILES string of the molecule is O=S(=O)(CCCl)NCCOCC(F)F. The molecule has 0 bridgehead atoms. The van der Waals surface area contributed by atoms with Gasteiger partial charge in [-0.3, -0.25) is 0 Å². The summed E-state index contributed by atoms with van der Waals surface area (Å²) < 4.78 is 51.5. The molecule has 0 saturated heterocycles. The number of halogens is 3. The summed E-state index contributed by atoms with van der Waals surface area (Å²) in [6.45, 7) is -0.783. The van der Waals surface area contributed by atoms with Gasteiger partial charge in [-0.1, -0.05) is 0 Å². The van der Waals surface area contributed by atoms with Gasteiger partial charge >= 0.3 is 0 Å². The van der Waals surface area contributed by atoms with Crippen LogP contribution >= 0.6 is 11.6 Å². The van der Waals surface area contributed by atoms with Gasteiger partial charge in [0.05, 0.1) is 12.4 Å². The van der Waals surface area contributed by atoms with E-state index in [0.29, 0.717) is 0 Å². The van der Waals surface area contributed by atoms with Gasteiger partial charge in [0.1, 0.15) is 6.61 Å². The van der Waals surface area contributed by atoms with Crippen LogP contribution in [-0.4, -0.2) is 46.2 Å². The summed E-state index contributed by atoms with van der Waals surface area (Å²) >= 11 is 5.22. The van der Waals surface area contributed by atoms with E-state index in [1.165, 1.54) is 0 Å². The molecule has 0 atom stereocenters. The third kappa shape index (κ3) is 8.61. The predicted molar refractivity (Wildman–Crippen MR) is 49.3 cm³/mol. The van der Waals surface area contributed by atoms with Crippen molar-refractivity contribution in [1.29, 1.82) is 0 Å². The fourth-order valence-electron chi connectivity index (χ4n) is 0.615. The molecule has 0 aliphatic heterocycles. The zero-order valence-corrected chi connectivity index (χ0v) is 8.95. The average molecular weight is 252 g/mol. The van der Waals surface area contributed by atoms with Gasteiger partial charge in [0.15, 0.2) is 0 Å². The quantitative estimate of drug-likeness (QED) is 0.503. The first-order valence-electron chi connectivity index (χ1n) is 3.87. The number of alkyl halides is 3. The summed E-state index contributed by atoms with van der Waals surface area (Å²) in [5.74, 6) is -0.198. The first-order chi connectivity index (χ1) is 6.48. The van der Waals surface area contributed by atoms with Crippen LogP contribution in [0.3, 0.4) is 0 Å². The molecule has 4 nitrogen and oxygen atoms in total. The van der Waals surface area contributed by atoms with Crippen LogP contribution in [-0.2, 0) is 14.8 Å². The zero-order valence-electron chi connectivity index (χ0n) is 7.38. The van der Waals surface area contributed by atoms with E-state index in [9.17, 15) is 17.2 Å². The lowest BCUT2D eigenvalue weighted by Crippen LogP contribution is -2.30. The van der Waals surface area contributed by atoms with E-state index in [4.69, 9.17) is 11.6 Å². The Kier molecular flexibility index (Phi) is 7.34. The zero-order chi connectivity index (χ0) is 11.0. The van der Waals surface area contributed by atoms with Gasteiger partial charge in [-0.15, -0.1) is 11.6 Å². The number of rotatable bonds is 8. The molecule has 14 heavy (non-hydrogen) atoms. The Morgan fingerprint density at radius 1 is 1.43 bits per heavy atom. The predicted octanol–water partition coefficient (Wildman–Crippen LogP) is 0.426. The first kappa shape index (κ1) is 14.0. The Hall–Kier alpha value is 0.0200. The van der Waals surface area contributed by atoms with Crippen molar-refractivity contribution in [2.24, 2.45) is 0 Å². The fourth-order valence-corrected chi connectivity index (χ4v) is 1.97. The van der Waals surface area contributed by atoms with Crippen LogP contribution in [0.2, 0.25) is 0 Å². The molecule has 0 spiro atoms. The van der Waals surface area contributed by atoms with Gasteiger partial charge < -0.3 is 4.74 Å². The highest BCUT2D eigenvalue weighted by molar-refractivity contribution is 7.89. The lowest BCUT2D eigenvalue weighted by Gasteiger charge is -2.05. The summed E-state index contributed by atoms with van der Waals surface area (Å²) in [6, 6.07) is 0. The van der Waals surface area contributed by atoms with Crippen LogP contribution in [0.5, 0.6) is 0 Å². The third-order valence-electron chi connectivity index (χ3n) is 1.16. The van der Waals surface area contributed by atoms with Gasteiger partial charge in [-0.05, 0) is 0 Å². The molecule has 0 radical (unpaired) electrons. The van der Waals surface area contributed by atoms with Crippen LogP contribution in [0.25, 0.3) is 0 Å². The number of hydrogen-bond donors (Lipinski definition) is 1. The molecule has 1 N–H and O–H groups in total. The molecule has 0 aromatic carbocycles. The molecule has 0 amide bonds. The summed E-state index contributed by atoms with van der Waals surface area (Å²) in [6.07, 6.45) is -2.53. The maximum atomic E-state index is 11.5. The highest BCUT2D eigenvalue weighted by Gasteiger charge is 2.08. The number of ether oxygens (including phenoxy) is 1. The minimum atomic E-state index is -3.38. The molecule has 0 fully saturated rings. The topological polar surface area (TPSA) is 55.4 Å². The molecule has 0 aromatic heterocycles. The van der Waals surface area contributed by atoms with E-state index < -0.39 is 23.1 Å². The second-order valence-corrected chi connectivity index (χ2v) is 4.67. The maximum Gasteiger partial charge on any atom is 0.261 e. The van der Waals surface area contributed by atoms with Crippen molar-refractivity contribution in [3.8, 4) is 0 Å². The molecule has 0 heterocycles. The normalized spacial score (nSPS) is 12.3. The molecule has 86 valence electrons. The second-order valence-electron chi connectivity index (χ2n) is 2.37. The van der Waals surface area contributed by atoms with Crippen LogP contribution in [0.4, 0.5) is 8.78 Å². The fraction of sp³-hybridized carbons (Fsp3) is 1.00. The number of sulfonamides is 1. The van der Waals surface area contributed by atoms with Gasteiger partial charge in [-0.25, -0.2) is 21.9 Å². The molecule has 0 aliphatic rings. The van der Waals surface area contributed by atoms with Crippen molar-refractivity contribution in [3.05, 3.63) is 0 Å². The van der Waals surface area contributed by atoms with E-state index in [2.05, 4.69) is 9.46 Å². The molecular formula is C6H12ClF2NO3S. The van der Waals surface area contributed by atoms with Gasteiger partial charge in [0.2, 0.25) is 10.0 Å².